The number of benzene rings is 2. The van der Waals surface area contributed by atoms with E-state index in [4.69, 9.17) is 5.26 Å². The molecule has 7 heteroatoms. The summed E-state index contributed by atoms with van der Waals surface area (Å²) in [6.45, 7) is 1.73. The number of nitriles is 1. The number of rotatable bonds is 5. The number of hydrogen-bond donors (Lipinski definition) is 2. The molecule has 0 atom stereocenters. The van der Waals surface area contributed by atoms with Gasteiger partial charge in [-0.2, -0.15) is 5.26 Å². The first-order valence-electron chi connectivity index (χ1n) is 8.66. The van der Waals surface area contributed by atoms with Gasteiger partial charge in [0.25, 0.3) is 5.91 Å². The number of aromatic nitrogens is 2. The Morgan fingerprint density at radius 2 is 1.64 bits per heavy atom. The van der Waals surface area contributed by atoms with Crippen LogP contribution >= 0.6 is 0 Å². The van der Waals surface area contributed by atoms with Crippen molar-refractivity contribution in [3.8, 4) is 6.07 Å². The Hall–Kier alpha value is -3.92. The lowest BCUT2D eigenvalue weighted by molar-refractivity contribution is 0.102. The Labute approximate surface area is 163 Å². The molecule has 0 fully saturated rings. The predicted molar refractivity (Wildman–Crippen MR) is 110 cm³/mol. The highest BCUT2D eigenvalue weighted by molar-refractivity contribution is 6.03. The highest BCUT2D eigenvalue weighted by Crippen LogP contribution is 2.20. The van der Waals surface area contributed by atoms with Gasteiger partial charge < -0.3 is 15.5 Å². The van der Waals surface area contributed by atoms with Gasteiger partial charge in [0.15, 0.2) is 0 Å². The fourth-order valence-electron chi connectivity index (χ4n) is 2.56. The minimum absolute atomic E-state index is 0.254. The summed E-state index contributed by atoms with van der Waals surface area (Å²) in [4.78, 5) is 23.1. The van der Waals surface area contributed by atoms with Crippen LogP contribution in [0, 0.1) is 18.3 Å². The highest BCUT2D eigenvalue weighted by Gasteiger charge is 2.11. The van der Waals surface area contributed by atoms with Crippen LogP contribution in [0.3, 0.4) is 0 Å². The SMILES string of the molecule is Cc1nc(Nc2ccc(N(C)C)cc2)cc(C(=O)Nc2ccc(C#N)cc2)n1. The summed E-state index contributed by atoms with van der Waals surface area (Å²) >= 11 is 0. The molecule has 7 nitrogen and oxygen atoms in total. The molecule has 0 bridgehead atoms. The van der Waals surface area contributed by atoms with E-state index in [0.29, 0.717) is 22.9 Å². The molecule has 0 aliphatic carbocycles. The summed E-state index contributed by atoms with van der Waals surface area (Å²) in [5, 5.41) is 14.8. The Morgan fingerprint density at radius 1 is 1.00 bits per heavy atom. The van der Waals surface area contributed by atoms with Crippen molar-refractivity contribution < 1.29 is 4.79 Å². The van der Waals surface area contributed by atoms with E-state index in [2.05, 4.69) is 20.6 Å². The average Bonchev–Trinajstić information content (AvgIpc) is 2.68. The number of nitrogens with one attached hydrogen (secondary N) is 2. The molecule has 28 heavy (non-hydrogen) atoms. The Bertz CT molecular complexity index is 1020. The number of anilines is 4. The third-order valence-electron chi connectivity index (χ3n) is 4.00. The standard InChI is InChI=1S/C21H20N6O/c1-14-23-19(21(28)26-17-6-4-15(13-22)5-7-17)12-20(24-14)25-16-8-10-18(11-9-16)27(2)3/h4-12H,1-3H3,(H,26,28)(H,23,24,25). The van der Waals surface area contributed by atoms with E-state index in [1.807, 2.05) is 49.3 Å². The second kappa shape index (κ2) is 8.18. The second-order valence-electron chi connectivity index (χ2n) is 6.40. The predicted octanol–water partition coefficient (Wildman–Crippen LogP) is 3.72. The Kier molecular flexibility index (Phi) is 5.51. The van der Waals surface area contributed by atoms with Crippen molar-refractivity contribution in [1.29, 1.82) is 5.26 Å². The van der Waals surface area contributed by atoms with Crippen molar-refractivity contribution in [3.63, 3.8) is 0 Å². The number of amides is 1. The monoisotopic (exact) mass is 372 g/mol. The fourth-order valence-corrected chi connectivity index (χ4v) is 2.56. The molecule has 3 aromatic rings. The van der Waals surface area contributed by atoms with Crippen LogP contribution in [0.2, 0.25) is 0 Å². The van der Waals surface area contributed by atoms with Crippen LogP contribution in [-0.4, -0.2) is 30.0 Å². The summed E-state index contributed by atoms with van der Waals surface area (Å²) in [6.07, 6.45) is 0. The van der Waals surface area contributed by atoms with E-state index in [1.54, 1.807) is 37.3 Å². The Morgan fingerprint density at radius 3 is 2.25 bits per heavy atom. The first-order valence-corrected chi connectivity index (χ1v) is 8.66. The molecule has 3 rings (SSSR count). The van der Waals surface area contributed by atoms with Gasteiger partial charge in [-0.25, -0.2) is 9.97 Å². The quantitative estimate of drug-likeness (QED) is 0.709. The zero-order chi connectivity index (χ0) is 20.1. The average molecular weight is 372 g/mol. The molecule has 0 unspecified atom stereocenters. The summed E-state index contributed by atoms with van der Waals surface area (Å²) in [7, 11) is 3.96. The molecule has 2 N–H and O–H groups in total. The van der Waals surface area contributed by atoms with E-state index in [1.165, 1.54) is 0 Å². The van der Waals surface area contributed by atoms with Crippen LogP contribution in [0.5, 0.6) is 0 Å². The van der Waals surface area contributed by atoms with Crippen molar-refractivity contribution in [3.05, 3.63) is 71.7 Å². The maximum Gasteiger partial charge on any atom is 0.274 e. The number of carbonyl (C=O) groups is 1. The molecule has 0 spiro atoms. The highest BCUT2D eigenvalue weighted by atomic mass is 16.1. The molecular weight excluding hydrogens is 352 g/mol. The molecule has 0 saturated carbocycles. The molecule has 140 valence electrons. The summed E-state index contributed by atoms with van der Waals surface area (Å²) in [6, 6.07) is 18.2. The maximum absolute atomic E-state index is 12.5. The molecule has 0 saturated heterocycles. The molecule has 1 heterocycles. The molecule has 2 aromatic carbocycles. The zero-order valence-electron chi connectivity index (χ0n) is 15.9. The summed E-state index contributed by atoms with van der Waals surface area (Å²) in [5.74, 6) is 0.677. The third-order valence-corrected chi connectivity index (χ3v) is 4.00. The summed E-state index contributed by atoms with van der Waals surface area (Å²) in [5.41, 5.74) is 3.33. The van der Waals surface area contributed by atoms with Gasteiger partial charge in [0.2, 0.25) is 0 Å². The first-order chi connectivity index (χ1) is 13.4. The topological polar surface area (TPSA) is 93.9 Å². The number of nitrogens with zero attached hydrogens (tertiary/aromatic N) is 4. The largest absolute Gasteiger partial charge is 0.378 e. The van der Waals surface area contributed by atoms with Crippen molar-refractivity contribution >= 4 is 28.8 Å². The van der Waals surface area contributed by atoms with Gasteiger partial charge in [0, 0.05) is 37.2 Å². The van der Waals surface area contributed by atoms with Crippen molar-refractivity contribution in [2.75, 3.05) is 29.6 Å². The normalized spacial score (nSPS) is 10.1. The molecule has 0 aliphatic heterocycles. The van der Waals surface area contributed by atoms with Crippen LogP contribution in [0.25, 0.3) is 0 Å². The van der Waals surface area contributed by atoms with Gasteiger partial charge in [-0.1, -0.05) is 0 Å². The van der Waals surface area contributed by atoms with Crippen LogP contribution < -0.4 is 15.5 Å². The third kappa shape index (κ3) is 4.62. The lowest BCUT2D eigenvalue weighted by atomic mass is 10.2. The van der Waals surface area contributed by atoms with E-state index >= 15 is 0 Å². The minimum Gasteiger partial charge on any atom is -0.378 e. The van der Waals surface area contributed by atoms with Gasteiger partial charge in [-0.3, -0.25) is 4.79 Å². The number of aryl methyl sites for hydroxylation is 1. The maximum atomic E-state index is 12.5. The van der Waals surface area contributed by atoms with Crippen molar-refractivity contribution in [2.24, 2.45) is 0 Å². The molecule has 0 radical (unpaired) electrons. The van der Waals surface area contributed by atoms with Crippen LogP contribution in [0.1, 0.15) is 21.9 Å². The zero-order valence-corrected chi connectivity index (χ0v) is 15.9. The first kappa shape index (κ1) is 18.9. The van der Waals surface area contributed by atoms with Gasteiger partial charge in [-0.15, -0.1) is 0 Å². The second-order valence-corrected chi connectivity index (χ2v) is 6.40. The lowest BCUT2D eigenvalue weighted by Crippen LogP contribution is -2.15. The van der Waals surface area contributed by atoms with Crippen molar-refractivity contribution in [2.45, 2.75) is 6.92 Å². The Balaban J connectivity index is 1.76. The van der Waals surface area contributed by atoms with Gasteiger partial charge in [0.05, 0.1) is 11.6 Å². The van der Waals surface area contributed by atoms with Gasteiger partial charge >= 0.3 is 0 Å². The molecule has 0 aliphatic rings. The summed E-state index contributed by atoms with van der Waals surface area (Å²) < 4.78 is 0. The molecule has 1 aromatic heterocycles. The number of hydrogen-bond acceptors (Lipinski definition) is 6. The number of carbonyl (C=O) groups excluding carboxylic acids is 1. The fraction of sp³-hybridized carbons (Fsp3) is 0.143. The molecular formula is C21H20N6O. The van der Waals surface area contributed by atoms with Crippen molar-refractivity contribution in [1.82, 2.24) is 9.97 Å². The molecule has 1 amide bonds. The minimum atomic E-state index is -0.346. The van der Waals surface area contributed by atoms with E-state index in [-0.39, 0.29) is 11.6 Å². The smallest absolute Gasteiger partial charge is 0.274 e. The van der Waals surface area contributed by atoms with Crippen LogP contribution in [-0.2, 0) is 0 Å². The van der Waals surface area contributed by atoms with Gasteiger partial charge in [0.1, 0.15) is 17.3 Å². The van der Waals surface area contributed by atoms with Crippen LogP contribution in [0.15, 0.2) is 54.6 Å². The van der Waals surface area contributed by atoms with Crippen LogP contribution in [0.4, 0.5) is 22.9 Å². The van der Waals surface area contributed by atoms with E-state index in [0.717, 1.165) is 11.4 Å². The van der Waals surface area contributed by atoms with E-state index in [9.17, 15) is 4.79 Å². The lowest BCUT2D eigenvalue weighted by Gasteiger charge is -2.13. The van der Waals surface area contributed by atoms with E-state index < -0.39 is 0 Å². The van der Waals surface area contributed by atoms with Gasteiger partial charge in [-0.05, 0) is 55.5 Å².